The molecule has 3 fully saturated rings. The summed E-state index contributed by atoms with van der Waals surface area (Å²) in [6.07, 6.45) is 13.8. The van der Waals surface area contributed by atoms with Gasteiger partial charge in [-0.2, -0.15) is 0 Å². The number of amides is 1. The number of carbonyl (C=O) groups excluding carboxylic acids is 1. The van der Waals surface area contributed by atoms with Crippen molar-refractivity contribution in [3.8, 4) is 0 Å². The van der Waals surface area contributed by atoms with Crippen LogP contribution >= 0.6 is 0 Å². The van der Waals surface area contributed by atoms with Crippen molar-refractivity contribution >= 4 is 11.9 Å². The van der Waals surface area contributed by atoms with Crippen LogP contribution in [0.3, 0.4) is 0 Å². The van der Waals surface area contributed by atoms with E-state index in [0.29, 0.717) is 37.6 Å². The lowest BCUT2D eigenvalue weighted by Crippen LogP contribution is -2.54. The van der Waals surface area contributed by atoms with Crippen LogP contribution in [0.1, 0.15) is 89.9 Å². The Labute approximate surface area is 157 Å². The minimum atomic E-state index is -0.963. The lowest BCUT2D eigenvalue weighted by Gasteiger charge is -2.39. The van der Waals surface area contributed by atoms with E-state index in [1.807, 2.05) is 0 Å². The van der Waals surface area contributed by atoms with Crippen molar-refractivity contribution in [2.45, 2.75) is 101 Å². The molecule has 1 aliphatic heterocycles. The van der Waals surface area contributed by atoms with Crippen molar-refractivity contribution in [1.29, 1.82) is 0 Å². The van der Waals surface area contributed by atoms with Crippen LogP contribution in [-0.2, 0) is 9.59 Å². The fourth-order valence-corrected chi connectivity index (χ4v) is 5.57. The third kappa shape index (κ3) is 4.41. The van der Waals surface area contributed by atoms with Gasteiger partial charge in [0, 0.05) is 19.0 Å². The van der Waals surface area contributed by atoms with E-state index in [0.717, 1.165) is 38.5 Å². The Kier molecular flexibility index (Phi) is 6.60. The molecule has 0 aromatic rings. The van der Waals surface area contributed by atoms with Gasteiger partial charge in [-0.25, -0.2) is 4.79 Å². The summed E-state index contributed by atoms with van der Waals surface area (Å²) in [4.78, 5) is 27.0. The quantitative estimate of drug-likeness (QED) is 0.753. The molecule has 1 atom stereocenters. The highest BCUT2D eigenvalue weighted by Crippen LogP contribution is 2.40. The van der Waals surface area contributed by atoms with Crippen LogP contribution in [0.4, 0.5) is 0 Å². The number of nitrogens with zero attached hydrogens (tertiary/aromatic N) is 1. The first-order valence-corrected chi connectivity index (χ1v) is 10.8. The normalized spacial score (nSPS) is 33.3. The summed E-state index contributed by atoms with van der Waals surface area (Å²) in [5.41, 5.74) is 5.04. The van der Waals surface area contributed by atoms with Gasteiger partial charge in [0.25, 0.3) is 0 Å². The summed E-state index contributed by atoms with van der Waals surface area (Å²) < 4.78 is 0. The molecule has 1 saturated heterocycles. The van der Waals surface area contributed by atoms with Gasteiger partial charge in [-0.05, 0) is 63.2 Å². The zero-order valence-corrected chi connectivity index (χ0v) is 16.1. The molecule has 0 aromatic carbocycles. The first kappa shape index (κ1) is 19.7. The van der Waals surface area contributed by atoms with Crippen molar-refractivity contribution in [3.05, 3.63) is 0 Å². The van der Waals surface area contributed by atoms with Crippen LogP contribution in [-0.4, -0.2) is 40.0 Å². The third-order valence-electron chi connectivity index (χ3n) is 7.20. The van der Waals surface area contributed by atoms with Gasteiger partial charge < -0.3 is 15.7 Å². The molecule has 0 radical (unpaired) electrons. The smallest absolute Gasteiger partial charge is 0.329 e. The van der Waals surface area contributed by atoms with Crippen LogP contribution in [0, 0.1) is 11.8 Å². The van der Waals surface area contributed by atoms with Crippen LogP contribution < -0.4 is 5.73 Å². The first-order valence-electron chi connectivity index (χ1n) is 10.8. The average molecular weight is 365 g/mol. The number of likely N-dealkylation sites (tertiary alicyclic amines) is 1. The summed E-state index contributed by atoms with van der Waals surface area (Å²) in [7, 11) is 0. The molecule has 0 aromatic heterocycles. The molecule has 148 valence electrons. The lowest BCUT2D eigenvalue weighted by molar-refractivity contribution is -0.158. The Hall–Kier alpha value is -1.10. The van der Waals surface area contributed by atoms with E-state index in [-0.39, 0.29) is 11.9 Å². The molecule has 0 bridgehead atoms. The van der Waals surface area contributed by atoms with Gasteiger partial charge in [0.2, 0.25) is 5.91 Å². The molecule has 5 nitrogen and oxygen atoms in total. The lowest BCUT2D eigenvalue weighted by atomic mass is 9.76. The van der Waals surface area contributed by atoms with E-state index < -0.39 is 11.5 Å². The maximum Gasteiger partial charge on any atom is 0.329 e. The van der Waals surface area contributed by atoms with Gasteiger partial charge in [-0.15, -0.1) is 0 Å². The molecule has 2 saturated carbocycles. The summed E-state index contributed by atoms with van der Waals surface area (Å²) in [5.74, 6) is 0.325. The molecule has 1 amide bonds. The van der Waals surface area contributed by atoms with Crippen LogP contribution in [0.5, 0.6) is 0 Å². The van der Waals surface area contributed by atoms with E-state index in [4.69, 9.17) is 5.73 Å². The van der Waals surface area contributed by atoms with Crippen molar-refractivity contribution in [1.82, 2.24) is 4.90 Å². The number of nitrogens with two attached hydrogens (primary N) is 1. The van der Waals surface area contributed by atoms with E-state index in [2.05, 4.69) is 0 Å². The highest BCUT2D eigenvalue weighted by molar-refractivity contribution is 5.87. The maximum atomic E-state index is 12.9. The van der Waals surface area contributed by atoms with E-state index in [9.17, 15) is 14.7 Å². The number of aliphatic carboxylic acids is 1. The van der Waals surface area contributed by atoms with Crippen LogP contribution in [0.15, 0.2) is 0 Å². The highest BCUT2D eigenvalue weighted by Gasteiger charge is 2.50. The number of rotatable bonds is 6. The summed E-state index contributed by atoms with van der Waals surface area (Å²) >= 11 is 0. The maximum absolute atomic E-state index is 12.9. The summed E-state index contributed by atoms with van der Waals surface area (Å²) in [5, 5.41) is 10.1. The SMILES string of the molecule is NC1CCC(C[C@@]2(C(=O)O)CCCN2C(=O)CCC2CCCCC2)CC1. The van der Waals surface area contributed by atoms with Gasteiger partial charge in [0.15, 0.2) is 0 Å². The second kappa shape index (κ2) is 8.73. The summed E-state index contributed by atoms with van der Waals surface area (Å²) in [6.45, 7) is 0.613. The zero-order chi connectivity index (χ0) is 18.6. The van der Waals surface area contributed by atoms with Gasteiger partial charge in [-0.1, -0.05) is 32.1 Å². The largest absolute Gasteiger partial charge is 0.479 e. The predicted octanol–water partition coefficient (Wildman–Crippen LogP) is 3.70. The van der Waals surface area contributed by atoms with Gasteiger partial charge in [-0.3, -0.25) is 4.79 Å². The highest BCUT2D eigenvalue weighted by atomic mass is 16.4. The van der Waals surface area contributed by atoms with E-state index >= 15 is 0 Å². The van der Waals surface area contributed by atoms with Crippen molar-refractivity contribution < 1.29 is 14.7 Å². The molecule has 26 heavy (non-hydrogen) atoms. The van der Waals surface area contributed by atoms with Gasteiger partial charge in [0.1, 0.15) is 5.54 Å². The molecule has 3 rings (SSSR count). The second-order valence-electron chi connectivity index (χ2n) is 9.01. The number of hydrogen-bond acceptors (Lipinski definition) is 3. The Morgan fingerprint density at radius 2 is 1.65 bits per heavy atom. The van der Waals surface area contributed by atoms with E-state index in [1.54, 1.807) is 4.90 Å². The monoisotopic (exact) mass is 364 g/mol. The molecule has 3 N–H and O–H groups in total. The second-order valence-corrected chi connectivity index (χ2v) is 9.01. The Bertz CT molecular complexity index is 495. The number of carboxylic acid groups (broad SMARTS) is 1. The average Bonchev–Trinajstić information content (AvgIpc) is 3.07. The van der Waals surface area contributed by atoms with Gasteiger partial charge >= 0.3 is 5.97 Å². The zero-order valence-electron chi connectivity index (χ0n) is 16.1. The molecule has 3 aliphatic rings. The minimum Gasteiger partial charge on any atom is -0.479 e. The summed E-state index contributed by atoms with van der Waals surface area (Å²) in [6, 6.07) is 0.267. The standard InChI is InChI=1S/C21H36N2O3/c22-18-10-7-17(8-11-18)15-21(20(25)26)13-4-14-23(21)19(24)12-9-16-5-2-1-3-6-16/h16-18H,1-15,22H2,(H,25,26)/t17?,18?,21-/m1/s1. The molecular weight excluding hydrogens is 328 g/mol. The molecule has 5 heteroatoms. The first-order chi connectivity index (χ1) is 12.5. The van der Waals surface area contributed by atoms with Crippen molar-refractivity contribution in [3.63, 3.8) is 0 Å². The van der Waals surface area contributed by atoms with Gasteiger partial charge in [0.05, 0.1) is 0 Å². The van der Waals surface area contributed by atoms with Crippen molar-refractivity contribution in [2.75, 3.05) is 6.54 Å². The van der Waals surface area contributed by atoms with Crippen molar-refractivity contribution in [2.24, 2.45) is 17.6 Å². The molecule has 0 spiro atoms. The van der Waals surface area contributed by atoms with Crippen LogP contribution in [0.25, 0.3) is 0 Å². The number of hydrogen-bond donors (Lipinski definition) is 2. The Morgan fingerprint density at radius 3 is 2.31 bits per heavy atom. The molecular formula is C21H36N2O3. The predicted molar refractivity (Wildman–Crippen MR) is 102 cm³/mol. The fourth-order valence-electron chi connectivity index (χ4n) is 5.57. The topological polar surface area (TPSA) is 83.6 Å². The Morgan fingerprint density at radius 1 is 0.962 bits per heavy atom. The number of carboxylic acids is 1. The van der Waals surface area contributed by atoms with Crippen LogP contribution in [0.2, 0.25) is 0 Å². The minimum absolute atomic E-state index is 0.0722. The fraction of sp³-hybridized carbons (Fsp3) is 0.905. The molecule has 2 aliphatic carbocycles. The third-order valence-corrected chi connectivity index (χ3v) is 7.20. The number of carbonyl (C=O) groups is 2. The Balaban J connectivity index is 1.61. The molecule has 0 unspecified atom stereocenters. The van der Waals surface area contributed by atoms with E-state index in [1.165, 1.54) is 32.1 Å². The molecule has 1 heterocycles.